The molecule has 1 atom stereocenters. The van der Waals surface area contributed by atoms with Crippen molar-refractivity contribution in [2.24, 2.45) is 0 Å². The van der Waals surface area contributed by atoms with Crippen LogP contribution < -0.4 is 5.32 Å². The fourth-order valence-corrected chi connectivity index (χ4v) is 3.61. The molecule has 1 unspecified atom stereocenters. The molecule has 7 nitrogen and oxygen atoms in total. The Morgan fingerprint density at radius 1 is 1.23 bits per heavy atom. The minimum atomic E-state index is -0.0903. The fraction of sp³-hybridized carbons (Fsp3) is 0.389. The van der Waals surface area contributed by atoms with Crippen LogP contribution in [0.25, 0.3) is 0 Å². The number of carbonyl (C=O) groups is 1. The number of tetrazole rings is 1. The van der Waals surface area contributed by atoms with Gasteiger partial charge in [-0.05, 0) is 55.3 Å². The van der Waals surface area contributed by atoms with Crippen molar-refractivity contribution in [1.29, 1.82) is 0 Å². The van der Waals surface area contributed by atoms with Crippen molar-refractivity contribution >= 4 is 17.2 Å². The lowest BCUT2D eigenvalue weighted by atomic mass is 10.1. The SMILES string of the molecule is CCC(NC(=O)c1ccc(Cn2nnnc2C)cc1)c1nc(C)c(C)s1. The first-order valence-corrected chi connectivity index (χ1v) is 9.36. The van der Waals surface area contributed by atoms with E-state index in [4.69, 9.17) is 0 Å². The van der Waals surface area contributed by atoms with Crippen LogP contribution in [0.5, 0.6) is 0 Å². The highest BCUT2D eigenvalue weighted by atomic mass is 32.1. The van der Waals surface area contributed by atoms with Crippen LogP contribution in [0.15, 0.2) is 24.3 Å². The molecule has 3 rings (SSSR count). The smallest absolute Gasteiger partial charge is 0.251 e. The third-order valence-corrected chi connectivity index (χ3v) is 5.50. The number of nitrogens with one attached hydrogen (secondary N) is 1. The maximum atomic E-state index is 12.6. The Kier molecular flexibility index (Phi) is 5.41. The highest BCUT2D eigenvalue weighted by molar-refractivity contribution is 7.11. The number of amides is 1. The molecule has 0 saturated heterocycles. The summed E-state index contributed by atoms with van der Waals surface area (Å²) in [4.78, 5) is 18.4. The van der Waals surface area contributed by atoms with Gasteiger partial charge in [0.25, 0.3) is 5.91 Å². The summed E-state index contributed by atoms with van der Waals surface area (Å²) in [5.74, 6) is 0.666. The molecule has 0 aliphatic rings. The second-order valence-electron chi connectivity index (χ2n) is 6.21. The number of nitrogens with zero attached hydrogens (tertiary/aromatic N) is 5. The summed E-state index contributed by atoms with van der Waals surface area (Å²) < 4.78 is 1.72. The number of aromatic nitrogens is 5. The molecule has 1 N–H and O–H groups in total. The summed E-state index contributed by atoms with van der Waals surface area (Å²) >= 11 is 1.64. The Hall–Kier alpha value is -2.61. The average Bonchev–Trinajstić information content (AvgIpc) is 3.18. The van der Waals surface area contributed by atoms with Gasteiger partial charge < -0.3 is 5.32 Å². The molecule has 0 saturated carbocycles. The van der Waals surface area contributed by atoms with Crippen molar-refractivity contribution in [3.8, 4) is 0 Å². The Morgan fingerprint density at radius 2 is 1.96 bits per heavy atom. The van der Waals surface area contributed by atoms with Gasteiger partial charge in [0.05, 0.1) is 18.3 Å². The number of benzene rings is 1. The quantitative estimate of drug-likeness (QED) is 0.721. The molecule has 2 heterocycles. The molecule has 2 aromatic heterocycles. The van der Waals surface area contributed by atoms with E-state index in [2.05, 4.69) is 39.7 Å². The van der Waals surface area contributed by atoms with Gasteiger partial charge in [-0.25, -0.2) is 9.67 Å². The van der Waals surface area contributed by atoms with Crippen molar-refractivity contribution in [3.63, 3.8) is 0 Å². The van der Waals surface area contributed by atoms with Gasteiger partial charge in [-0.1, -0.05) is 19.1 Å². The van der Waals surface area contributed by atoms with E-state index in [1.165, 1.54) is 4.88 Å². The molecule has 26 heavy (non-hydrogen) atoms. The first-order valence-electron chi connectivity index (χ1n) is 8.54. The van der Waals surface area contributed by atoms with E-state index in [9.17, 15) is 4.79 Å². The van der Waals surface area contributed by atoms with Gasteiger partial charge in [-0.15, -0.1) is 16.4 Å². The van der Waals surface area contributed by atoms with Gasteiger partial charge in [-0.3, -0.25) is 4.79 Å². The topological polar surface area (TPSA) is 85.6 Å². The predicted molar refractivity (Wildman–Crippen MR) is 100 cm³/mol. The summed E-state index contributed by atoms with van der Waals surface area (Å²) in [7, 11) is 0. The second kappa shape index (κ2) is 7.74. The standard InChI is InChI=1S/C18H22N6OS/c1-5-16(18-19-11(2)12(3)26-18)20-17(25)15-8-6-14(7-9-15)10-24-13(4)21-22-23-24/h6-9,16H,5,10H2,1-4H3,(H,20,25). The van der Waals surface area contributed by atoms with Crippen molar-refractivity contribution in [2.75, 3.05) is 0 Å². The van der Waals surface area contributed by atoms with Gasteiger partial charge in [0.1, 0.15) is 10.8 Å². The van der Waals surface area contributed by atoms with E-state index in [0.717, 1.165) is 28.5 Å². The van der Waals surface area contributed by atoms with Crippen molar-refractivity contribution in [2.45, 2.75) is 46.7 Å². The molecule has 0 radical (unpaired) electrons. The van der Waals surface area contributed by atoms with Crippen molar-refractivity contribution in [1.82, 2.24) is 30.5 Å². The summed E-state index contributed by atoms with van der Waals surface area (Å²) in [6.07, 6.45) is 0.800. The van der Waals surface area contributed by atoms with Crippen LogP contribution in [0.2, 0.25) is 0 Å². The van der Waals surface area contributed by atoms with Gasteiger partial charge in [0, 0.05) is 10.4 Å². The van der Waals surface area contributed by atoms with Gasteiger partial charge >= 0.3 is 0 Å². The Bertz CT molecular complexity index is 879. The molecular weight excluding hydrogens is 348 g/mol. The predicted octanol–water partition coefficient (Wildman–Crippen LogP) is 2.98. The fourth-order valence-electron chi connectivity index (χ4n) is 2.56. The van der Waals surface area contributed by atoms with Crippen LogP contribution in [-0.4, -0.2) is 31.1 Å². The number of carbonyl (C=O) groups excluding carboxylic acids is 1. The summed E-state index contributed by atoms with van der Waals surface area (Å²) in [6, 6.07) is 7.44. The minimum absolute atomic E-state index is 0.0663. The summed E-state index contributed by atoms with van der Waals surface area (Å²) in [6.45, 7) is 8.53. The van der Waals surface area contributed by atoms with Crippen molar-refractivity contribution in [3.05, 3.63) is 56.8 Å². The largest absolute Gasteiger partial charge is 0.343 e. The number of hydrogen-bond acceptors (Lipinski definition) is 6. The molecule has 3 aromatic rings. The molecule has 136 valence electrons. The van der Waals surface area contributed by atoms with E-state index in [1.807, 2.05) is 38.1 Å². The molecule has 0 spiro atoms. The monoisotopic (exact) mass is 370 g/mol. The first-order chi connectivity index (χ1) is 12.5. The molecule has 1 aromatic carbocycles. The molecular formula is C18H22N6OS. The molecule has 0 aliphatic carbocycles. The molecule has 0 bridgehead atoms. The lowest BCUT2D eigenvalue weighted by molar-refractivity contribution is 0.0935. The average molecular weight is 370 g/mol. The number of hydrogen-bond donors (Lipinski definition) is 1. The third-order valence-electron chi connectivity index (χ3n) is 4.32. The van der Waals surface area contributed by atoms with E-state index in [-0.39, 0.29) is 11.9 Å². The zero-order valence-corrected chi connectivity index (χ0v) is 16.2. The zero-order valence-electron chi connectivity index (χ0n) is 15.4. The van der Waals surface area contributed by atoms with Crippen LogP contribution in [-0.2, 0) is 6.54 Å². The van der Waals surface area contributed by atoms with Gasteiger partial charge in [0.15, 0.2) is 0 Å². The maximum absolute atomic E-state index is 12.6. The Balaban J connectivity index is 1.68. The molecule has 0 aliphatic heterocycles. The Labute approximate surface area is 156 Å². The second-order valence-corrected chi connectivity index (χ2v) is 7.44. The van der Waals surface area contributed by atoms with Gasteiger partial charge in [-0.2, -0.15) is 0 Å². The zero-order chi connectivity index (χ0) is 18.7. The van der Waals surface area contributed by atoms with Crippen molar-refractivity contribution < 1.29 is 4.79 Å². The van der Waals surface area contributed by atoms with Crippen LogP contribution in [0, 0.1) is 20.8 Å². The molecule has 1 amide bonds. The summed E-state index contributed by atoms with van der Waals surface area (Å²) in [5, 5.41) is 15.5. The third kappa shape index (κ3) is 3.96. The molecule has 8 heteroatoms. The Morgan fingerprint density at radius 3 is 2.50 bits per heavy atom. The van der Waals surface area contributed by atoms with E-state index >= 15 is 0 Å². The van der Waals surface area contributed by atoms with E-state index in [1.54, 1.807) is 16.0 Å². The normalized spacial score (nSPS) is 12.2. The van der Waals surface area contributed by atoms with Crippen LogP contribution >= 0.6 is 11.3 Å². The van der Waals surface area contributed by atoms with Crippen LogP contribution in [0.3, 0.4) is 0 Å². The first kappa shape index (κ1) is 18.2. The lowest BCUT2D eigenvalue weighted by Gasteiger charge is -2.14. The number of thiazole rings is 1. The highest BCUT2D eigenvalue weighted by Gasteiger charge is 2.18. The van der Waals surface area contributed by atoms with Gasteiger partial charge in [0.2, 0.25) is 0 Å². The number of rotatable bonds is 6. The van der Waals surface area contributed by atoms with E-state index in [0.29, 0.717) is 12.1 Å². The van der Waals surface area contributed by atoms with Crippen LogP contribution in [0.1, 0.15) is 56.7 Å². The van der Waals surface area contributed by atoms with Crippen LogP contribution in [0.4, 0.5) is 0 Å². The lowest BCUT2D eigenvalue weighted by Crippen LogP contribution is -2.28. The minimum Gasteiger partial charge on any atom is -0.343 e. The summed E-state index contributed by atoms with van der Waals surface area (Å²) in [5.41, 5.74) is 2.70. The number of aryl methyl sites for hydroxylation is 3. The molecule has 0 fully saturated rings. The van der Waals surface area contributed by atoms with E-state index < -0.39 is 0 Å². The highest BCUT2D eigenvalue weighted by Crippen LogP contribution is 2.25. The maximum Gasteiger partial charge on any atom is 0.251 e.